The topological polar surface area (TPSA) is 62.0 Å². The van der Waals surface area contributed by atoms with Crippen LogP contribution in [0.3, 0.4) is 0 Å². The van der Waals surface area contributed by atoms with Gasteiger partial charge in [-0.25, -0.2) is 9.80 Å². The van der Waals surface area contributed by atoms with Crippen LogP contribution in [0.1, 0.15) is 18.4 Å². The molecule has 2 N–H and O–H groups in total. The summed E-state index contributed by atoms with van der Waals surface area (Å²) in [7, 11) is 0. The third kappa shape index (κ3) is 4.19. The van der Waals surface area contributed by atoms with E-state index in [4.69, 9.17) is 10.6 Å². The third-order valence-corrected chi connectivity index (χ3v) is 6.18. The van der Waals surface area contributed by atoms with Crippen molar-refractivity contribution < 1.29 is 9.53 Å². The van der Waals surface area contributed by atoms with E-state index in [2.05, 4.69) is 4.90 Å². The van der Waals surface area contributed by atoms with Gasteiger partial charge in [-0.3, -0.25) is 5.84 Å². The highest BCUT2D eigenvalue weighted by Crippen LogP contribution is 2.31. The highest BCUT2D eigenvalue weighted by molar-refractivity contribution is 5.67. The Hall–Kier alpha value is -1.63. The maximum Gasteiger partial charge on any atom is 0.410 e. The maximum absolute atomic E-state index is 12.3. The molecule has 3 aliphatic rings. The average Bonchev–Trinajstić information content (AvgIpc) is 3.17. The highest BCUT2D eigenvalue weighted by atomic mass is 16.6. The lowest BCUT2D eigenvalue weighted by atomic mass is 9.96. The van der Waals surface area contributed by atoms with Gasteiger partial charge < -0.3 is 14.5 Å². The van der Waals surface area contributed by atoms with E-state index in [1.807, 2.05) is 40.2 Å². The molecule has 1 aromatic rings. The van der Waals surface area contributed by atoms with Gasteiger partial charge in [0.05, 0.1) is 0 Å². The molecule has 0 aliphatic carbocycles. The number of hydrogen-bond acceptors (Lipinski definition) is 5. The summed E-state index contributed by atoms with van der Waals surface area (Å²) in [5.41, 5.74) is 1.03. The Morgan fingerprint density at radius 2 is 1.69 bits per heavy atom. The number of piperidine rings is 1. The number of hydrazine groups is 1. The largest absolute Gasteiger partial charge is 0.445 e. The van der Waals surface area contributed by atoms with Crippen LogP contribution in [-0.4, -0.2) is 66.7 Å². The molecule has 0 saturated carbocycles. The van der Waals surface area contributed by atoms with Crippen LogP contribution in [0, 0.1) is 17.8 Å². The Bertz CT molecular complexity index is 589. The second-order valence-corrected chi connectivity index (χ2v) is 8.16. The first kappa shape index (κ1) is 17.8. The van der Waals surface area contributed by atoms with Gasteiger partial charge in [0.25, 0.3) is 0 Å². The molecule has 0 radical (unpaired) electrons. The number of ether oxygens (including phenoxy) is 1. The summed E-state index contributed by atoms with van der Waals surface area (Å²) in [6.45, 7) is 7.64. The Balaban J connectivity index is 1.17. The Labute approximate surface area is 155 Å². The first-order valence-electron chi connectivity index (χ1n) is 9.85. The molecule has 6 nitrogen and oxygen atoms in total. The molecule has 0 unspecified atom stereocenters. The van der Waals surface area contributed by atoms with Gasteiger partial charge in [0, 0.05) is 45.8 Å². The number of nitrogens with zero attached hydrogens (tertiary/aromatic N) is 3. The Kier molecular flexibility index (Phi) is 5.43. The van der Waals surface area contributed by atoms with E-state index >= 15 is 0 Å². The van der Waals surface area contributed by atoms with E-state index < -0.39 is 0 Å². The molecule has 3 aliphatic heterocycles. The number of carbonyl (C=O) groups excluding carboxylic acids is 1. The molecular weight excluding hydrogens is 328 g/mol. The molecule has 3 saturated heterocycles. The van der Waals surface area contributed by atoms with E-state index in [1.54, 1.807) is 0 Å². The second kappa shape index (κ2) is 7.94. The zero-order valence-corrected chi connectivity index (χ0v) is 15.4. The van der Waals surface area contributed by atoms with Crippen LogP contribution in [0.25, 0.3) is 0 Å². The van der Waals surface area contributed by atoms with Gasteiger partial charge in [-0.1, -0.05) is 30.3 Å². The lowest BCUT2D eigenvalue weighted by Crippen LogP contribution is -2.42. The molecular formula is C20H30N4O2. The molecule has 0 bridgehead atoms. The van der Waals surface area contributed by atoms with Gasteiger partial charge in [-0.15, -0.1) is 0 Å². The van der Waals surface area contributed by atoms with E-state index in [-0.39, 0.29) is 6.09 Å². The molecule has 1 amide bonds. The predicted octanol–water partition coefficient (Wildman–Crippen LogP) is 1.77. The summed E-state index contributed by atoms with van der Waals surface area (Å²) in [6.07, 6.45) is 1.98. The summed E-state index contributed by atoms with van der Waals surface area (Å²) in [4.78, 5) is 16.7. The van der Waals surface area contributed by atoms with Crippen molar-refractivity contribution in [3.05, 3.63) is 35.9 Å². The van der Waals surface area contributed by atoms with Crippen LogP contribution in [0.4, 0.5) is 4.79 Å². The zero-order valence-electron chi connectivity index (χ0n) is 15.4. The van der Waals surface area contributed by atoms with E-state index in [0.717, 1.165) is 56.4 Å². The van der Waals surface area contributed by atoms with Crippen molar-refractivity contribution in [2.24, 2.45) is 23.6 Å². The number of likely N-dealkylation sites (tertiary alicyclic amines) is 2. The van der Waals surface area contributed by atoms with Gasteiger partial charge in [0.2, 0.25) is 0 Å². The van der Waals surface area contributed by atoms with Gasteiger partial charge >= 0.3 is 6.09 Å². The fraction of sp³-hybridized carbons (Fsp3) is 0.650. The normalized spacial score (nSPS) is 27.7. The van der Waals surface area contributed by atoms with Crippen LogP contribution in [0.2, 0.25) is 0 Å². The Morgan fingerprint density at radius 1 is 1.04 bits per heavy atom. The molecule has 3 heterocycles. The summed E-state index contributed by atoms with van der Waals surface area (Å²) in [5.74, 6) is 8.14. The minimum Gasteiger partial charge on any atom is -0.445 e. The van der Waals surface area contributed by atoms with Crippen LogP contribution in [0.15, 0.2) is 30.3 Å². The fourth-order valence-electron chi connectivity index (χ4n) is 4.75. The van der Waals surface area contributed by atoms with Crippen molar-refractivity contribution in [2.75, 3.05) is 45.8 Å². The maximum atomic E-state index is 12.3. The molecule has 0 spiro atoms. The minimum absolute atomic E-state index is 0.175. The molecule has 1 aromatic carbocycles. The molecule has 26 heavy (non-hydrogen) atoms. The number of hydrogen-bond donors (Lipinski definition) is 1. The van der Waals surface area contributed by atoms with Crippen molar-refractivity contribution in [3.63, 3.8) is 0 Å². The van der Waals surface area contributed by atoms with Crippen molar-refractivity contribution in [3.8, 4) is 0 Å². The van der Waals surface area contributed by atoms with Gasteiger partial charge in [-0.2, -0.15) is 0 Å². The molecule has 3 fully saturated rings. The smallest absolute Gasteiger partial charge is 0.410 e. The van der Waals surface area contributed by atoms with Gasteiger partial charge in [0.1, 0.15) is 6.61 Å². The quantitative estimate of drug-likeness (QED) is 0.831. The standard InChI is InChI=1S/C20H30N4O2/c21-24-13-18-11-22(12-19(18)14-24)10-16-6-8-23(9-7-16)20(25)26-15-17-4-2-1-3-5-17/h1-5,16,18-19H,6-15,21H2/t18-,19+. The molecule has 142 valence electrons. The van der Waals surface area contributed by atoms with Crippen LogP contribution < -0.4 is 5.84 Å². The van der Waals surface area contributed by atoms with Crippen LogP contribution in [0.5, 0.6) is 0 Å². The highest BCUT2D eigenvalue weighted by Gasteiger charge is 2.39. The minimum atomic E-state index is -0.175. The van der Waals surface area contributed by atoms with E-state index in [9.17, 15) is 4.79 Å². The molecule has 2 atom stereocenters. The van der Waals surface area contributed by atoms with Crippen molar-refractivity contribution >= 4 is 6.09 Å². The molecule has 0 aromatic heterocycles. The lowest BCUT2D eigenvalue weighted by molar-refractivity contribution is 0.0779. The van der Waals surface area contributed by atoms with Crippen molar-refractivity contribution in [1.29, 1.82) is 0 Å². The third-order valence-electron chi connectivity index (χ3n) is 6.18. The van der Waals surface area contributed by atoms with E-state index in [1.165, 1.54) is 19.6 Å². The number of nitrogens with two attached hydrogens (primary N) is 1. The van der Waals surface area contributed by atoms with E-state index in [0.29, 0.717) is 12.5 Å². The summed E-state index contributed by atoms with van der Waals surface area (Å²) in [5, 5.41) is 1.98. The predicted molar refractivity (Wildman–Crippen MR) is 100 cm³/mol. The number of fused-ring (bicyclic) bond motifs is 1. The van der Waals surface area contributed by atoms with Crippen LogP contribution >= 0.6 is 0 Å². The number of amides is 1. The lowest BCUT2D eigenvalue weighted by Gasteiger charge is -2.33. The SMILES string of the molecule is NN1C[C@@H]2CN(CC3CCN(C(=O)OCc4ccccc4)CC3)C[C@@H]2C1. The average molecular weight is 358 g/mol. The number of carbonyl (C=O) groups is 1. The first-order chi connectivity index (χ1) is 12.7. The number of rotatable bonds is 4. The fourth-order valence-corrected chi connectivity index (χ4v) is 4.75. The first-order valence-corrected chi connectivity index (χ1v) is 9.85. The van der Waals surface area contributed by atoms with Crippen molar-refractivity contribution in [2.45, 2.75) is 19.4 Å². The zero-order chi connectivity index (χ0) is 17.9. The van der Waals surface area contributed by atoms with Crippen molar-refractivity contribution in [1.82, 2.24) is 14.8 Å². The van der Waals surface area contributed by atoms with Gasteiger partial charge in [0.15, 0.2) is 0 Å². The summed E-state index contributed by atoms with van der Waals surface area (Å²) in [6, 6.07) is 9.86. The number of benzene rings is 1. The summed E-state index contributed by atoms with van der Waals surface area (Å²) < 4.78 is 5.46. The Morgan fingerprint density at radius 3 is 2.35 bits per heavy atom. The monoisotopic (exact) mass is 358 g/mol. The molecule has 6 heteroatoms. The van der Waals surface area contributed by atoms with Crippen LogP contribution in [-0.2, 0) is 11.3 Å². The summed E-state index contributed by atoms with van der Waals surface area (Å²) >= 11 is 0. The van der Waals surface area contributed by atoms with Gasteiger partial charge in [-0.05, 0) is 36.2 Å². The molecule has 4 rings (SSSR count). The second-order valence-electron chi connectivity index (χ2n) is 8.16.